The summed E-state index contributed by atoms with van der Waals surface area (Å²) in [6.07, 6.45) is 3.43. The van der Waals surface area contributed by atoms with Crippen molar-refractivity contribution in [1.82, 2.24) is 9.97 Å². The Labute approximate surface area is 169 Å². The normalized spacial score (nSPS) is 13.7. The summed E-state index contributed by atoms with van der Waals surface area (Å²) in [5.41, 5.74) is 2.03. The van der Waals surface area contributed by atoms with Gasteiger partial charge in [0.2, 0.25) is 0 Å². The van der Waals surface area contributed by atoms with Gasteiger partial charge in [-0.3, -0.25) is 9.78 Å². The van der Waals surface area contributed by atoms with E-state index in [1.165, 1.54) is 0 Å². The molecule has 1 N–H and O–H groups in total. The minimum absolute atomic E-state index is 0.207. The molecule has 0 atom stereocenters. The first-order valence-electron chi connectivity index (χ1n) is 9.51. The van der Waals surface area contributed by atoms with E-state index in [0.29, 0.717) is 55.7 Å². The molecule has 0 saturated carbocycles. The molecule has 4 rings (SSSR count). The Morgan fingerprint density at radius 3 is 2.72 bits per heavy atom. The van der Waals surface area contributed by atoms with E-state index in [2.05, 4.69) is 20.2 Å². The number of anilines is 2. The van der Waals surface area contributed by atoms with E-state index in [9.17, 15) is 4.79 Å². The quantitative estimate of drug-likeness (QED) is 0.697. The smallest absolute Gasteiger partial charge is 0.259 e. The summed E-state index contributed by atoms with van der Waals surface area (Å²) >= 11 is 0. The van der Waals surface area contributed by atoms with E-state index in [-0.39, 0.29) is 5.91 Å². The van der Waals surface area contributed by atoms with Crippen molar-refractivity contribution in [2.24, 2.45) is 0 Å². The van der Waals surface area contributed by atoms with Crippen LogP contribution in [0.1, 0.15) is 16.1 Å². The standard InChI is InChI=1S/C22H22N4O3/c27-22(20-8-4-10-24-21(20)26-11-13-28-14-12-26)25-17-6-3-7-19(15-17)29-16-18-5-1-2-9-23-18/h1-10,15H,11-14,16H2,(H,25,27). The van der Waals surface area contributed by atoms with Gasteiger partial charge in [-0.2, -0.15) is 0 Å². The number of pyridine rings is 2. The number of carbonyl (C=O) groups is 1. The second-order valence-corrected chi connectivity index (χ2v) is 6.57. The molecule has 0 aliphatic carbocycles. The first-order valence-corrected chi connectivity index (χ1v) is 9.51. The third kappa shape index (κ3) is 4.89. The molecule has 3 heterocycles. The lowest BCUT2D eigenvalue weighted by Crippen LogP contribution is -2.38. The highest BCUT2D eigenvalue weighted by atomic mass is 16.5. The third-order valence-corrected chi connectivity index (χ3v) is 4.55. The number of carbonyl (C=O) groups excluding carboxylic acids is 1. The number of hydrogen-bond donors (Lipinski definition) is 1. The van der Waals surface area contributed by atoms with Gasteiger partial charge < -0.3 is 19.7 Å². The van der Waals surface area contributed by atoms with Gasteiger partial charge in [0.05, 0.1) is 24.5 Å². The first-order chi connectivity index (χ1) is 14.3. The number of hydrogen-bond acceptors (Lipinski definition) is 6. The molecular formula is C22H22N4O3. The second kappa shape index (κ2) is 9.16. The molecule has 7 nitrogen and oxygen atoms in total. The highest BCUT2D eigenvalue weighted by Gasteiger charge is 2.20. The minimum atomic E-state index is -0.207. The van der Waals surface area contributed by atoms with Crippen LogP contribution < -0.4 is 15.0 Å². The van der Waals surface area contributed by atoms with Crippen LogP contribution in [0.25, 0.3) is 0 Å². The van der Waals surface area contributed by atoms with Crippen molar-refractivity contribution in [3.63, 3.8) is 0 Å². The molecule has 0 spiro atoms. The van der Waals surface area contributed by atoms with Crippen molar-refractivity contribution < 1.29 is 14.3 Å². The third-order valence-electron chi connectivity index (χ3n) is 4.55. The molecule has 29 heavy (non-hydrogen) atoms. The Morgan fingerprint density at radius 2 is 1.90 bits per heavy atom. The summed E-state index contributed by atoms with van der Waals surface area (Å²) in [5, 5.41) is 2.94. The Balaban J connectivity index is 1.45. The molecule has 1 amide bonds. The molecule has 0 bridgehead atoms. The number of nitrogens with zero attached hydrogens (tertiary/aromatic N) is 3. The number of aromatic nitrogens is 2. The molecule has 1 fully saturated rings. The lowest BCUT2D eigenvalue weighted by molar-refractivity contribution is 0.102. The average Bonchev–Trinajstić information content (AvgIpc) is 2.79. The zero-order valence-electron chi connectivity index (χ0n) is 16.0. The molecule has 7 heteroatoms. The topological polar surface area (TPSA) is 76.6 Å². The predicted molar refractivity (Wildman–Crippen MR) is 110 cm³/mol. The Hall–Kier alpha value is -3.45. The Morgan fingerprint density at radius 1 is 1.03 bits per heavy atom. The molecule has 0 unspecified atom stereocenters. The minimum Gasteiger partial charge on any atom is -0.487 e. The van der Waals surface area contributed by atoms with Gasteiger partial charge in [0.15, 0.2) is 0 Å². The number of nitrogens with one attached hydrogen (secondary N) is 1. The summed E-state index contributed by atoms with van der Waals surface area (Å²) in [4.78, 5) is 23.6. The molecule has 1 aliphatic rings. The van der Waals surface area contributed by atoms with Crippen LogP contribution in [0.5, 0.6) is 5.75 Å². The van der Waals surface area contributed by atoms with Crippen molar-refractivity contribution in [2.45, 2.75) is 6.61 Å². The number of benzene rings is 1. The largest absolute Gasteiger partial charge is 0.487 e. The van der Waals surface area contributed by atoms with Crippen LogP contribution in [0, 0.1) is 0 Å². The van der Waals surface area contributed by atoms with Gasteiger partial charge in [0.1, 0.15) is 18.2 Å². The summed E-state index contributed by atoms with van der Waals surface area (Å²) in [6, 6.07) is 16.6. The van der Waals surface area contributed by atoms with E-state index in [1.807, 2.05) is 36.4 Å². The van der Waals surface area contributed by atoms with Gasteiger partial charge in [0, 0.05) is 37.2 Å². The fraction of sp³-hybridized carbons (Fsp3) is 0.227. The molecular weight excluding hydrogens is 368 g/mol. The van der Waals surface area contributed by atoms with Gasteiger partial charge in [-0.05, 0) is 36.4 Å². The Bertz CT molecular complexity index is 959. The van der Waals surface area contributed by atoms with Gasteiger partial charge in [-0.25, -0.2) is 4.98 Å². The number of ether oxygens (including phenoxy) is 2. The van der Waals surface area contributed by atoms with Crippen molar-refractivity contribution in [3.05, 3.63) is 78.2 Å². The molecule has 2 aromatic heterocycles. The Kier molecular flexibility index (Phi) is 5.97. The maximum Gasteiger partial charge on any atom is 0.259 e. The fourth-order valence-corrected chi connectivity index (χ4v) is 3.10. The summed E-state index contributed by atoms with van der Waals surface area (Å²) in [5.74, 6) is 1.13. The molecule has 3 aromatic rings. The molecule has 1 aliphatic heterocycles. The van der Waals surface area contributed by atoms with Crippen LogP contribution in [-0.4, -0.2) is 42.2 Å². The SMILES string of the molecule is O=C(Nc1cccc(OCc2ccccn2)c1)c1cccnc1N1CCOCC1. The summed E-state index contributed by atoms with van der Waals surface area (Å²) in [6.45, 7) is 3.06. The van der Waals surface area contributed by atoms with Gasteiger partial charge in [0.25, 0.3) is 5.91 Å². The predicted octanol–water partition coefficient (Wildman–Crippen LogP) is 3.14. The van der Waals surface area contributed by atoms with Crippen LogP contribution >= 0.6 is 0 Å². The zero-order chi connectivity index (χ0) is 19.9. The van der Waals surface area contributed by atoms with Crippen molar-refractivity contribution >= 4 is 17.4 Å². The molecule has 1 saturated heterocycles. The maximum absolute atomic E-state index is 12.9. The van der Waals surface area contributed by atoms with E-state index in [4.69, 9.17) is 9.47 Å². The van der Waals surface area contributed by atoms with Crippen LogP contribution in [0.4, 0.5) is 11.5 Å². The van der Waals surface area contributed by atoms with E-state index >= 15 is 0 Å². The number of rotatable bonds is 6. The van der Waals surface area contributed by atoms with Crippen molar-refractivity contribution in [2.75, 3.05) is 36.5 Å². The number of amides is 1. The van der Waals surface area contributed by atoms with Gasteiger partial charge >= 0.3 is 0 Å². The lowest BCUT2D eigenvalue weighted by atomic mass is 10.2. The highest BCUT2D eigenvalue weighted by Crippen LogP contribution is 2.22. The zero-order valence-corrected chi connectivity index (χ0v) is 16.0. The average molecular weight is 390 g/mol. The summed E-state index contributed by atoms with van der Waals surface area (Å²) < 4.78 is 11.2. The monoisotopic (exact) mass is 390 g/mol. The fourth-order valence-electron chi connectivity index (χ4n) is 3.10. The van der Waals surface area contributed by atoms with Crippen LogP contribution in [0.15, 0.2) is 67.0 Å². The molecule has 1 aromatic carbocycles. The second-order valence-electron chi connectivity index (χ2n) is 6.57. The van der Waals surface area contributed by atoms with Gasteiger partial charge in [-0.15, -0.1) is 0 Å². The molecule has 148 valence electrons. The maximum atomic E-state index is 12.9. The van der Waals surface area contributed by atoms with Crippen LogP contribution in [0.2, 0.25) is 0 Å². The highest BCUT2D eigenvalue weighted by molar-refractivity contribution is 6.07. The van der Waals surface area contributed by atoms with E-state index in [0.717, 1.165) is 5.69 Å². The lowest BCUT2D eigenvalue weighted by Gasteiger charge is -2.29. The van der Waals surface area contributed by atoms with Crippen molar-refractivity contribution in [1.29, 1.82) is 0 Å². The first kappa shape index (κ1) is 18.9. The number of morpholine rings is 1. The van der Waals surface area contributed by atoms with Crippen LogP contribution in [-0.2, 0) is 11.3 Å². The molecule has 0 radical (unpaired) electrons. The van der Waals surface area contributed by atoms with Crippen LogP contribution in [0.3, 0.4) is 0 Å². The van der Waals surface area contributed by atoms with Gasteiger partial charge in [-0.1, -0.05) is 12.1 Å². The van der Waals surface area contributed by atoms with E-state index in [1.54, 1.807) is 30.6 Å². The van der Waals surface area contributed by atoms with Crippen molar-refractivity contribution in [3.8, 4) is 5.75 Å². The summed E-state index contributed by atoms with van der Waals surface area (Å²) in [7, 11) is 0. The van der Waals surface area contributed by atoms with E-state index < -0.39 is 0 Å².